The first-order chi connectivity index (χ1) is 14.8. The SMILES string of the molecule is COc1cccc(NC2=C(c3ccc([N+](=O)[O-])cc3)C(=O)N(CCOC(C)C)C2=O)c1. The number of nitrogens with zero attached hydrogens (tertiary/aromatic N) is 2. The number of nitro groups is 1. The summed E-state index contributed by atoms with van der Waals surface area (Å²) in [5, 5.41) is 14.0. The van der Waals surface area contributed by atoms with E-state index >= 15 is 0 Å². The number of nitrogens with one attached hydrogen (secondary N) is 1. The van der Waals surface area contributed by atoms with Crippen molar-refractivity contribution in [1.29, 1.82) is 0 Å². The first kappa shape index (κ1) is 22.0. The van der Waals surface area contributed by atoms with Gasteiger partial charge in [0.2, 0.25) is 0 Å². The predicted molar refractivity (Wildman–Crippen MR) is 114 cm³/mol. The summed E-state index contributed by atoms with van der Waals surface area (Å²) in [6.45, 7) is 4.03. The third kappa shape index (κ3) is 4.89. The van der Waals surface area contributed by atoms with Crippen LogP contribution in [-0.2, 0) is 14.3 Å². The lowest BCUT2D eigenvalue weighted by molar-refractivity contribution is -0.384. The number of amides is 2. The van der Waals surface area contributed by atoms with E-state index in [2.05, 4.69) is 5.32 Å². The van der Waals surface area contributed by atoms with Gasteiger partial charge in [0.25, 0.3) is 17.5 Å². The Morgan fingerprint density at radius 3 is 2.42 bits per heavy atom. The number of non-ortho nitro benzene ring substituents is 1. The number of imide groups is 1. The molecule has 2 aromatic carbocycles. The van der Waals surface area contributed by atoms with Crippen LogP contribution in [-0.4, -0.2) is 48.0 Å². The second-order valence-corrected chi connectivity index (χ2v) is 7.09. The Labute approximate surface area is 179 Å². The van der Waals surface area contributed by atoms with E-state index in [-0.39, 0.29) is 36.2 Å². The molecule has 9 heteroatoms. The molecule has 0 saturated carbocycles. The van der Waals surface area contributed by atoms with Crippen molar-refractivity contribution in [2.45, 2.75) is 20.0 Å². The Morgan fingerprint density at radius 2 is 1.81 bits per heavy atom. The molecule has 0 aliphatic carbocycles. The maximum absolute atomic E-state index is 13.1. The van der Waals surface area contributed by atoms with Crippen LogP contribution in [0.5, 0.6) is 5.75 Å². The number of nitro benzene ring substituents is 1. The summed E-state index contributed by atoms with van der Waals surface area (Å²) in [6.07, 6.45) is -0.0377. The smallest absolute Gasteiger partial charge is 0.278 e. The Bertz CT molecular complexity index is 1030. The number of anilines is 1. The number of rotatable bonds is 9. The van der Waals surface area contributed by atoms with Crippen LogP contribution in [0.2, 0.25) is 0 Å². The van der Waals surface area contributed by atoms with Gasteiger partial charge in [-0.05, 0) is 43.7 Å². The number of methoxy groups -OCH3 is 1. The van der Waals surface area contributed by atoms with Crippen molar-refractivity contribution in [2.75, 3.05) is 25.6 Å². The molecule has 1 heterocycles. The zero-order chi connectivity index (χ0) is 22.5. The molecule has 1 N–H and O–H groups in total. The second kappa shape index (κ2) is 9.40. The van der Waals surface area contributed by atoms with Gasteiger partial charge in [0, 0.05) is 23.9 Å². The number of ether oxygens (including phenoxy) is 2. The quantitative estimate of drug-likeness (QED) is 0.373. The molecule has 0 spiro atoms. The van der Waals surface area contributed by atoms with E-state index in [9.17, 15) is 19.7 Å². The minimum Gasteiger partial charge on any atom is -0.497 e. The summed E-state index contributed by atoms with van der Waals surface area (Å²) in [4.78, 5) is 37.8. The lowest BCUT2D eigenvalue weighted by atomic mass is 10.0. The number of benzene rings is 2. The highest BCUT2D eigenvalue weighted by molar-refractivity contribution is 6.36. The van der Waals surface area contributed by atoms with E-state index in [1.807, 2.05) is 13.8 Å². The zero-order valence-electron chi connectivity index (χ0n) is 17.5. The fraction of sp³-hybridized carbons (Fsp3) is 0.273. The largest absolute Gasteiger partial charge is 0.497 e. The summed E-state index contributed by atoms with van der Waals surface area (Å²) in [6, 6.07) is 12.5. The van der Waals surface area contributed by atoms with E-state index in [0.29, 0.717) is 17.0 Å². The van der Waals surface area contributed by atoms with Crippen LogP contribution < -0.4 is 10.1 Å². The molecule has 31 heavy (non-hydrogen) atoms. The highest BCUT2D eigenvalue weighted by atomic mass is 16.6. The van der Waals surface area contributed by atoms with Crippen LogP contribution in [0.4, 0.5) is 11.4 Å². The van der Waals surface area contributed by atoms with Crippen LogP contribution in [0.25, 0.3) is 5.57 Å². The van der Waals surface area contributed by atoms with Gasteiger partial charge in [0.15, 0.2) is 0 Å². The first-order valence-corrected chi connectivity index (χ1v) is 9.69. The molecule has 162 valence electrons. The molecule has 2 amide bonds. The van der Waals surface area contributed by atoms with Crippen LogP contribution in [0, 0.1) is 10.1 Å². The molecule has 3 rings (SSSR count). The van der Waals surface area contributed by atoms with Gasteiger partial charge in [-0.2, -0.15) is 0 Å². The predicted octanol–water partition coefficient (Wildman–Crippen LogP) is 3.22. The Balaban J connectivity index is 1.98. The van der Waals surface area contributed by atoms with E-state index in [4.69, 9.17) is 9.47 Å². The summed E-state index contributed by atoms with van der Waals surface area (Å²) in [7, 11) is 1.53. The van der Waals surface area contributed by atoms with Crippen molar-refractivity contribution in [3.8, 4) is 5.75 Å². The van der Waals surface area contributed by atoms with Crippen molar-refractivity contribution in [1.82, 2.24) is 4.90 Å². The van der Waals surface area contributed by atoms with Crippen LogP contribution in [0.3, 0.4) is 0 Å². The second-order valence-electron chi connectivity index (χ2n) is 7.09. The minimum atomic E-state index is -0.523. The van der Waals surface area contributed by atoms with E-state index < -0.39 is 16.7 Å². The van der Waals surface area contributed by atoms with Gasteiger partial charge >= 0.3 is 0 Å². The Morgan fingerprint density at radius 1 is 1.10 bits per heavy atom. The topological polar surface area (TPSA) is 111 Å². The lowest BCUT2D eigenvalue weighted by Crippen LogP contribution is -2.35. The highest BCUT2D eigenvalue weighted by Crippen LogP contribution is 2.32. The fourth-order valence-corrected chi connectivity index (χ4v) is 3.14. The van der Waals surface area contributed by atoms with Gasteiger partial charge in [-0.25, -0.2) is 0 Å². The van der Waals surface area contributed by atoms with E-state index in [1.54, 1.807) is 24.3 Å². The molecular weight excluding hydrogens is 402 g/mol. The molecule has 9 nitrogen and oxygen atoms in total. The van der Waals surface area contributed by atoms with Crippen LogP contribution >= 0.6 is 0 Å². The number of hydrogen-bond acceptors (Lipinski definition) is 7. The molecule has 0 bridgehead atoms. The standard InChI is InChI=1S/C22H23N3O6/c1-14(2)31-12-11-24-21(26)19(15-7-9-17(10-8-15)25(28)29)20(22(24)27)23-16-5-4-6-18(13-16)30-3/h4-10,13-14,23H,11-12H2,1-3H3. The van der Waals surface area contributed by atoms with Crippen molar-refractivity contribution in [3.05, 3.63) is 69.9 Å². The molecule has 0 unspecified atom stereocenters. The van der Waals surface area contributed by atoms with Crippen molar-refractivity contribution < 1.29 is 24.0 Å². The van der Waals surface area contributed by atoms with Crippen molar-refractivity contribution in [3.63, 3.8) is 0 Å². The van der Waals surface area contributed by atoms with Crippen LogP contribution in [0.1, 0.15) is 19.4 Å². The number of hydrogen-bond donors (Lipinski definition) is 1. The van der Waals surface area contributed by atoms with E-state index in [1.165, 1.54) is 31.4 Å². The van der Waals surface area contributed by atoms with Crippen molar-refractivity contribution in [2.24, 2.45) is 0 Å². The average Bonchev–Trinajstić information content (AvgIpc) is 2.98. The van der Waals surface area contributed by atoms with Gasteiger partial charge < -0.3 is 14.8 Å². The fourth-order valence-electron chi connectivity index (χ4n) is 3.14. The van der Waals surface area contributed by atoms with Crippen molar-refractivity contribution >= 4 is 28.8 Å². The summed E-state index contributed by atoms with van der Waals surface area (Å²) in [5.74, 6) is -0.397. The molecule has 0 saturated heterocycles. The van der Waals surface area contributed by atoms with Crippen LogP contribution in [0.15, 0.2) is 54.2 Å². The summed E-state index contributed by atoms with van der Waals surface area (Å²) >= 11 is 0. The van der Waals surface area contributed by atoms with Gasteiger partial charge in [-0.3, -0.25) is 24.6 Å². The lowest BCUT2D eigenvalue weighted by Gasteiger charge is -2.16. The van der Waals surface area contributed by atoms with Gasteiger partial charge in [0.05, 0.1) is 36.9 Å². The maximum Gasteiger partial charge on any atom is 0.278 e. The first-order valence-electron chi connectivity index (χ1n) is 9.69. The highest BCUT2D eigenvalue weighted by Gasteiger charge is 2.39. The average molecular weight is 425 g/mol. The summed E-state index contributed by atoms with van der Waals surface area (Å²) in [5.41, 5.74) is 1.10. The van der Waals surface area contributed by atoms with Gasteiger partial charge in [-0.15, -0.1) is 0 Å². The zero-order valence-corrected chi connectivity index (χ0v) is 17.5. The molecule has 0 fully saturated rings. The Hall–Kier alpha value is -3.72. The minimum absolute atomic E-state index is 0.0377. The van der Waals surface area contributed by atoms with E-state index in [0.717, 1.165) is 4.90 Å². The molecule has 1 aliphatic heterocycles. The molecule has 0 radical (unpaired) electrons. The normalized spacial score (nSPS) is 13.9. The third-order valence-corrected chi connectivity index (χ3v) is 4.64. The number of carbonyl (C=O) groups is 2. The third-order valence-electron chi connectivity index (χ3n) is 4.64. The number of carbonyl (C=O) groups excluding carboxylic acids is 2. The maximum atomic E-state index is 13.1. The van der Waals surface area contributed by atoms with Gasteiger partial charge in [0.1, 0.15) is 11.4 Å². The molecule has 0 atom stereocenters. The molecular formula is C22H23N3O6. The molecule has 2 aromatic rings. The monoisotopic (exact) mass is 425 g/mol. The Kier molecular flexibility index (Phi) is 6.66. The summed E-state index contributed by atoms with van der Waals surface area (Å²) < 4.78 is 10.7. The molecule has 1 aliphatic rings. The molecule has 0 aromatic heterocycles. The van der Waals surface area contributed by atoms with Gasteiger partial charge in [-0.1, -0.05) is 6.07 Å².